The molecule has 1 aliphatic heterocycles. The Morgan fingerprint density at radius 2 is 2.11 bits per heavy atom. The molecule has 7 nitrogen and oxygen atoms in total. The number of rotatable bonds is 2. The van der Waals surface area contributed by atoms with E-state index in [-0.39, 0.29) is 19.1 Å². The number of nitrogens with two attached hydrogens (primary N) is 1. The molecule has 0 aromatic carbocycles. The number of carbonyl (C=O) groups is 2. The second-order valence-electron chi connectivity index (χ2n) is 4.30. The maximum atomic E-state index is 12.1. The van der Waals surface area contributed by atoms with Crippen molar-refractivity contribution >= 4 is 11.8 Å². The second kappa shape index (κ2) is 4.69. The third kappa shape index (κ3) is 2.30. The molecule has 0 bridgehead atoms. The highest BCUT2D eigenvalue weighted by Gasteiger charge is 2.39. The van der Waals surface area contributed by atoms with Crippen molar-refractivity contribution in [1.29, 1.82) is 0 Å². The summed E-state index contributed by atoms with van der Waals surface area (Å²) in [5, 5.41) is 0. The summed E-state index contributed by atoms with van der Waals surface area (Å²) in [6.45, 7) is 2.40. The summed E-state index contributed by atoms with van der Waals surface area (Å²) in [7, 11) is 0. The largest absolute Gasteiger partial charge is 0.367 e. The van der Waals surface area contributed by atoms with E-state index >= 15 is 0 Å². The number of aromatic nitrogens is 2. The molecule has 7 heteroatoms. The van der Waals surface area contributed by atoms with Crippen molar-refractivity contribution in [2.24, 2.45) is 5.73 Å². The van der Waals surface area contributed by atoms with Gasteiger partial charge in [0.15, 0.2) is 5.60 Å². The first-order chi connectivity index (χ1) is 8.53. The quantitative estimate of drug-likeness (QED) is 0.740. The average molecular weight is 250 g/mol. The summed E-state index contributed by atoms with van der Waals surface area (Å²) in [5.41, 5.74) is 4.52. The average Bonchev–Trinajstić information content (AvgIpc) is 2.39. The van der Waals surface area contributed by atoms with Gasteiger partial charge in [0.05, 0.1) is 18.7 Å². The van der Waals surface area contributed by atoms with Gasteiger partial charge in [-0.05, 0) is 6.92 Å². The van der Waals surface area contributed by atoms with Crippen molar-refractivity contribution in [2.75, 3.05) is 19.7 Å². The van der Waals surface area contributed by atoms with Crippen LogP contribution in [0.3, 0.4) is 0 Å². The third-order valence-corrected chi connectivity index (χ3v) is 2.89. The fourth-order valence-corrected chi connectivity index (χ4v) is 1.78. The molecule has 1 aromatic heterocycles. The Labute approximate surface area is 104 Å². The maximum absolute atomic E-state index is 12.1. The molecule has 0 saturated carbocycles. The van der Waals surface area contributed by atoms with Crippen LogP contribution >= 0.6 is 0 Å². The molecule has 18 heavy (non-hydrogen) atoms. The van der Waals surface area contributed by atoms with E-state index in [2.05, 4.69) is 9.97 Å². The Hall–Kier alpha value is -2.02. The van der Waals surface area contributed by atoms with Crippen LogP contribution in [0.25, 0.3) is 0 Å². The number of nitrogens with zero attached hydrogens (tertiary/aromatic N) is 3. The van der Waals surface area contributed by atoms with Crippen LogP contribution in [0.4, 0.5) is 0 Å². The van der Waals surface area contributed by atoms with Gasteiger partial charge < -0.3 is 15.4 Å². The highest BCUT2D eigenvalue weighted by atomic mass is 16.5. The summed E-state index contributed by atoms with van der Waals surface area (Å²) in [6, 6.07) is 0. The van der Waals surface area contributed by atoms with E-state index < -0.39 is 11.5 Å². The molecule has 2 N–H and O–H groups in total. The lowest BCUT2D eigenvalue weighted by molar-refractivity contribution is -0.150. The number of morpholine rings is 1. The highest BCUT2D eigenvalue weighted by molar-refractivity contribution is 5.94. The van der Waals surface area contributed by atoms with Crippen LogP contribution in [0.5, 0.6) is 0 Å². The lowest BCUT2D eigenvalue weighted by Gasteiger charge is -2.38. The van der Waals surface area contributed by atoms with E-state index in [9.17, 15) is 9.59 Å². The van der Waals surface area contributed by atoms with Gasteiger partial charge >= 0.3 is 0 Å². The molecule has 1 atom stereocenters. The van der Waals surface area contributed by atoms with E-state index in [0.29, 0.717) is 12.1 Å². The van der Waals surface area contributed by atoms with Gasteiger partial charge in [-0.1, -0.05) is 0 Å². The van der Waals surface area contributed by atoms with Gasteiger partial charge in [-0.2, -0.15) is 0 Å². The number of ether oxygens (including phenoxy) is 1. The minimum absolute atomic E-state index is 0.135. The molecule has 1 unspecified atom stereocenters. The smallest absolute Gasteiger partial charge is 0.257 e. The number of hydrogen-bond acceptors (Lipinski definition) is 5. The van der Waals surface area contributed by atoms with E-state index in [0.717, 1.165) is 0 Å². The predicted octanol–water partition coefficient (Wildman–Crippen LogP) is -0.807. The van der Waals surface area contributed by atoms with Crippen LogP contribution in [0, 0.1) is 0 Å². The van der Waals surface area contributed by atoms with E-state index in [1.807, 2.05) is 0 Å². The van der Waals surface area contributed by atoms with Gasteiger partial charge in [-0.15, -0.1) is 0 Å². The first-order valence-electron chi connectivity index (χ1n) is 5.51. The number of primary amides is 1. The Kier molecular flexibility index (Phi) is 3.24. The molecule has 2 rings (SSSR count). The van der Waals surface area contributed by atoms with Gasteiger partial charge in [-0.3, -0.25) is 9.59 Å². The van der Waals surface area contributed by atoms with Gasteiger partial charge in [0, 0.05) is 18.9 Å². The summed E-state index contributed by atoms with van der Waals surface area (Å²) in [4.78, 5) is 32.6. The van der Waals surface area contributed by atoms with Crippen LogP contribution in [-0.4, -0.2) is 52.0 Å². The lowest BCUT2D eigenvalue weighted by Crippen LogP contribution is -2.58. The summed E-state index contributed by atoms with van der Waals surface area (Å²) in [5.74, 6) is -0.810. The van der Waals surface area contributed by atoms with Crippen molar-refractivity contribution < 1.29 is 14.3 Å². The van der Waals surface area contributed by atoms with Crippen molar-refractivity contribution in [3.05, 3.63) is 24.3 Å². The first-order valence-corrected chi connectivity index (χ1v) is 5.51. The monoisotopic (exact) mass is 250 g/mol. The van der Waals surface area contributed by atoms with E-state index in [4.69, 9.17) is 10.5 Å². The van der Waals surface area contributed by atoms with Gasteiger partial charge in [0.2, 0.25) is 0 Å². The normalized spacial score (nSPS) is 23.7. The zero-order valence-corrected chi connectivity index (χ0v) is 10.00. The Bertz CT molecular complexity index is 465. The highest BCUT2D eigenvalue weighted by Crippen LogP contribution is 2.18. The number of hydrogen-bond donors (Lipinski definition) is 1. The zero-order chi connectivity index (χ0) is 13.2. The van der Waals surface area contributed by atoms with Crippen LogP contribution < -0.4 is 5.73 Å². The van der Waals surface area contributed by atoms with Crippen LogP contribution in [-0.2, 0) is 9.53 Å². The molecular weight excluding hydrogens is 236 g/mol. The molecule has 96 valence electrons. The number of carbonyl (C=O) groups excluding carboxylic acids is 2. The topological polar surface area (TPSA) is 98.4 Å². The predicted molar refractivity (Wildman–Crippen MR) is 61.5 cm³/mol. The fraction of sp³-hybridized carbons (Fsp3) is 0.455. The zero-order valence-electron chi connectivity index (χ0n) is 10.00. The molecule has 2 amide bonds. The Morgan fingerprint density at radius 3 is 2.72 bits per heavy atom. The van der Waals surface area contributed by atoms with E-state index in [1.54, 1.807) is 6.92 Å². The summed E-state index contributed by atoms with van der Waals surface area (Å²) < 4.78 is 5.34. The number of amides is 2. The third-order valence-electron chi connectivity index (χ3n) is 2.89. The molecular formula is C11H14N4O3. The van der Waals surface area contributed by atoms with Gasteiger partial charge in [-0.25, -0.2) is 9.97 Å². The first kappa shape index (κ1) is 12.4. The fourth-order valence-electron chi connectivity index (χ4n) is 1.78. The maximum Gasteiger partial charge on any atom is 0.257 e. The molecule has 1 aliphatic rings. The molecule has 1 aromatic rings. The molecule has 2 heterocycles. The second-order valence-corrected chi connectivity index (χ2v) is 4.30. The SMILES string of the molecule is CC1(C(N)=O)CN(C(=O)c2cncnc2)CCO1. The lowest BCUT2D eigenvalue weighted by atomic mass is 10.0. The Morgan fingerprint density at radius 1 is 1.44 bits per heavy atom. The Balaban J connectivity index is 2.15. The standard InChI is InChI=1S/C11H14N4O3/c1-11(10(12)17)6-15(2-3-18-11)9(16)8-4-13-7-14-5-8/h4-5,7H,2-3,6H2,1H3,(H2,12,17). The molecule has 1 fully saturated rings. The molecule has 0 radical (unpaired) electrons. The summed E-state index contributed by atoms with van der Waals surface area (Å²) >= 11 is 0. The van der Waals surface area contributed by atoms with Crippen LogP contribution in [0.1, 0.15) is 17.3 Å². The van der Waals surface area contributed by atoms with Crippen LogP contribution in [0.15, 0.2) is 18.7 Å². The summed E-state index contributed by atoms with van der Waals surface area (Å²) in [6.07, 6.45) is 4.22. The van der Waals surface area contributed by atoms with Crippen LogP contribution in [0.2, 0.25) is 0 Å². The van der Waals surface area contributed by atoms with Crippen molar-refractivity contribution in [1.82, 2.24) is 14.9 Å². The van der Waals surface area contributed by atoms with Gasteiger partial charge in [0.25, 0.3) is 11.8 Å². The van der Waals surface area contributed by atoms with E-state index in [1.165, 1.54) is 23.6 Å². The minimum Gasteiger partial charge on any atom is -0.367 e. The van der Waals surface area contributed by atoms with Gasteiger partial charge in [0.1, 0.15) is 6.33 Å². The van der Waals surface area contributed by atoms with Crippen molar-refractivity contribution in [2.45, 2.75) is 12.5 Å². The van der Waals surface area contributed by atoms with Crippen molar-refractivity contribution in [3.63, 3.8) is 0 Å². The molecule has 0 spiro atoms. The molecule has 1 saturated heterocycles. The minimum atomic E-state index is -1.14. The van der Waals surface area contributed by atoms with Crippen molar-refractivity contribution in [3.8, 4) is 0 Å². The molecule has 0 aliphatic carbocycles.